The molecule has 3 aliphatic rings. The van der Waals surface area contributed by atoms with Gasteiger partial charge in [0, 0.05) is 107 Å². The predicted octanol–water partition coefficient (Wildman–Crippen LogP) is 7.40. The monoisotopic (exact) mass is 1150 g/mol. The van der Waals surface area contributed by atoms with Crippen molar-refractivity contribution in [2.45, 2.75) is 203 Å². The summed E-state index contributed by atoms with van der Waals surface area (Å²) in [6.07, 6.45) is 15.5. The Bertz CT molecular complexity index is 2070. The van der Waals surface area contributed by atoms with Gasteiger partial charge in [-0.15, -0.1) is 9.24 Å². The Hall–Kier alpha value is -2.56. The molecule has 0 bridgehead atoms. The van der Waals surface area contributed by atoms with Crippen LogP contribution in [0.15, 0.2) is 28.8 Å². The molecule has 4 rings (SSSR count). The van der Waals surface area contributed by atoms with Crippen molar-refractivity contribution in [1.82, 2.24) is 20.6 Å². The molecule has 19 nitrogen and oxygen atoms in total. The summed E-state index contributed by atoms with van der Waals surface area (Å²) in [5.74, 6) is -1.23. The summed E-state index contributed by atoms with van der Waals surface area (Å²) in [5, 5.41) is 34.4. The highest BCUT2D eigenvalue weighted by molar-refractivity contribution is 7.49. The second kappa shape index (κ2) is 38.3. The number of rotatable bonds is 25. The van der Waals surface area contributed by atoms with E-state index in [2.05, 4.69) is 123 Å². The van der Waals surface area contributed by atoms with E-state index in [0.717, 1.165) is 71.3 Å². The molecule has 3 fully saturated rings. The molecule has 2 amide bonds. The van der Waals surface area contributed by atoms with Crippen LogP contribution in [0.5, 0.6) is 0 Å². The number of esters is 1. The van der Waals surface area contributed by atoms with Gasteiger partial charge in [-0.3, -0.25) is 24.2 Å². The summed E-state index contributed by atoms with van der Waals surface area (Å²) >= 11 is 14.2. The number of hydrogen-bond donors (Lipinski definition) is 4. The summed E-state index contributed by atoms with van der Waals surface area (Å²) < 4.78 is 23.4. The summed E-state index contributed by atoms with van der Waals surface area (Å²) in [5.41, 5.74) is 11.9. The third kappa shape index (κ3) is 26.1. The lowest BCUT2D eigenvalue weighted by Crippen LogP contribution is -2.66. The fourth-order valence-electron chi connectivity index (χ4n) is 10.1. The maximum absolute atomic E-state index is 13.5. The number of hydrogen-bond acceptors (Lipinski definition) is 13. The molecule has 1 saturated heterocycles. The van der Waals surface area contributed by atoms with Gasteiger partial charge in [0.1, 0.15) is 29.7 Å². The van der Waals surface area contributed by atoms with Crippen LogP contribution in [0.4, 0.5) is 0 Å². The Morgan fingerprint density at radius 2 is 1.42 bits per heavy atom. The molecule has 2 saturated carbocycles. The number of carbonyl (C=O) groups is 4. The van der Waals surface area contributed by atoms with Crippen molar-refractivity contribution in [3.05, 3.63) is 45.2 Å². The van der Waals surface area contributed by atoms with Crippen LogP contribution in [0.1, 0.15) is 176 Å². The van der Waals surface area contributed by atoms with Crippen molar-refractivity contribution in [1.29, 1.82) is 0 Å². The van der Waals surface area contributed by atoms with Gasteiger partial charge in [0.25, 0.3) is 5.91 Å². The molecule has 1 aliphatic heterocycles. The Morgan fingerprint density at radius 3 is 1.92 bits per heavy atom. The number of unbranched alkanes of at least 4 members (excludes halogenated alkanes) is 4. The number of Topliss-reactive ketones (excluding diaryl/α,β-unsaturated/α-hetero) is 1. The zero-order valence-corrected chi connectivity index (χ0v) is 50.4. The molecular formula is C47H79B8Cl3N10O9P. The molecule has 1 aromatic heterocycles. The quantitative estimate of drug-likeness (QED) is 0.0109. The lowest BCUT2D eigenvalue weighted by atomic mass is 9.08. The smallest absolute Gasteiger partial charge is 0.462 e. The van der Waals surface area contributed by atoms with Crippen LogP contribution in [-0.2, 0) is 28.4 Å². The molecule has 421 valence electrons. The van der Waals surface area contributed by atoms with Crippen LogP contribution in [0.2, 0.25) is 0 Å². The van der Waals surface area contributed by atoms with Gasteiger partial charge in [0.2, 0.25) is 5.91 Å². The number of aliphatic hydroxyl groups is 2. The Morgan fingerprint density at radius 1 is 0.885 bits per heavy atom. The van der Waals surface area contributed by atoms with E-state index in [1.807, 2.05) is 13.8 Å². The molecule has 7 atom stereocenters. The number of fused-ring (bicyclic) bond motifs is 1. The number of ketones is 1. The number of alkyl halides is 3. The third-order valence-electron chi connectivity index (χ3n) is 14.3. The second-order valence-electron chi connectivity index (χ2n) is 21.6. The van der Waals surface area contributed by atoms with Gasteiger partial charge in [-0.1, -0.05) is 99.4 Å². The molecular weight excluding hydrogens is 1070 g/mol. The number of aromatic nitrogens is 2. The van der Waals surface area contributed by atoms with Crippen molar-refractivity contribution in [2.75, 3.05) is 25.9 Å². The molecule has 11 radical (unpaired) electrons. The van der Waals surface area contributed by atoms with E-state index in [9.17, 15) is 29.4 Å². The molecule has 0 spiro atoms. The average molecular weight is 1150 g/mol. The van der Waals surface area contributed by atoms with Crippen molar-refractivity contribution in [2.24, 2.45) is 27.0 Å². The first-order valence-electron chi connectivity index (χ1n) is 26.8. The minimum Gasteiger partial charge on any atom is -0.462 e. The van der Waals surface area contributed by atoms with E-state index < -0.39 is 63.5 Å². The van der Waals surface area contributed by atoms with Crippen molar-refractivity contribution in [3.8, 4) is 0 Å². The predicted molar refractivity (Wildman–Crippen MR) is 321 cm³/mol. The van der Waals surface area contributed by atoms with Crippen LogP contribution in [-0.4, -0.2) is 168 Å². The summed E-state index contributed by atoms with van der Waals surface area (Å²) in [4.78, 5) is 64.5. The van der Waals surface area contributed by atoms with Gasteiger partial charge in [0.05, 0.1) is 30.3 Å². The van der Waals surface area contributed by atoms with Gasteiger partial charge in [-0.05, 0) is 125 Å². The first kappa shape index (κ1) is 73.5. The number of nitrogens with one attached hydrogen (secondary N) is 2. The van der Waals surface area contributed by atoms with E-state index in [1.54, 1.807) is 6.92 Å². The normalized spacial score (nSPS) is 23.4. The van der Waals surface area contributed by atoms with E-state index in [4.69, 9.17) is 61.3 Å². The number of halogens is 3. The zero-order valence-electron chi connectivity index (χ0n) is 48.0. The lowest BCUT2D eigenvalue weighted by molar-refractivity contribution is -0.244. The van der Waals surface area contributed by atoms with E-state index in [-0.39, 0.29) is 47.7 Å². The van der Waals surface area contributed by atoms with Crippen LogP contribution >= 0.6 is 44.0 Å². The third-order valence-corrected chi connectivity index (χ3v) is 14.8. The summed E-state index contributed by atoms with van der Waals surface area (Å²) in [6, 6.07) is -0.807. The van der Waals surface area contributed by atoms with Crippen LogP contribution in [0, 0.1) is 16.7 Å². The Kier molecular flexibility index (Phi) is 36.0. The van der Waals surface area contributed by atoms with Crippen LogP contribution in [0.3, 0.4) is 0 Å². The van der Waals surface area contributed by atoms with Gasteiger partial charge in [-0.25, -0.2) is 4.98 Å². The fourth-order valence-corrected chi connectivity index (χ4v) is 10.4. The zero-order chi connectivity index (χ0) is 60.7. The fraction of sp³-hybridized carbons (Fsp3) is 0.830. The van der Waals surface area contributed by atoms with Gasteiger partial charge in [0.15, 0.2) is 4.27 Å². The Labute approximate surface area is 491 Å². The average Bonchev–Trinajstić information content (AvgIpc) is 3.67. The summed E-state index contributed by atoms with van der Waals surface area (Å²) in [7, 11) is 25.8. The van der Waals surface area contributed by atoms with E-state index in [1.165, 1.54) is 18.6 Å². The van der Waals surface area contributed by atoms with Crippen molar-refractivity contribution in [3.63, 3.8) is 0 Å². The molecule has 1 aromatic rings. The summed E-state index contributed by atoms with van der Waals surface area (Å²) in [6.45, 7) is 16.7. The molecule has 0 aromatic carbocycles. The minimum atomic E-state index is -1.83. The topological polar surface area (TPSA) is 284 Å². The van der Waals surface area contributed by atoms with E-state index >= 15 is 0 Å². The maximum Gasteiger partial charge on any atom is 0.481 e. The number of nitrogens with zero attached hydrogens (tertiary/aromatic N) is 8. The highest BCUT2D eigenvalue weighted by atomic mass is 35.6. The standard InChI is InChI=1S/C30H49BN7O5P.C16H29N3O4.CHCl3.B4.B3/c1-21(2)18-25(37-27(41)24(20-44)36-26(40)23-19-33-16-17-34-23)31-42-29(5)13-9-12-28(3,4)30(29,43-31)14-11-22(39)10-7-6-8-15-35-38-32;1-14(2)9-7-10-15(3,21)16(14,22)12-23-13(20)8-5-4-6-11-18-19-17;2-1(3)4;1-4(2)3;1-3-2/h16-17,19,21,24-25H,6-15,18,20,44H2,1-5H3,(H,36,40)(H,37,41);21-22H,4-12H2,1-3H3;1H;;/t24-,25-,29?,30?;;;;/m0..../s1/i;;1D;;. The largest absolute Gasteiger partial charge is 0.481 e. The number of carbonyl (C=O) groups excluding carboxylic acids is 4. The van der Waals surface area contributed by atoms with Gasteiger partial charge < -0.3 is 34.9 Å². The lowest BCUT2D eigenvalue weighted by Gasteiger charge is -2.56. The molecule has 4 N–H and O–H groups in total. The van der Waals surface area contributed by atoms with Crippen molar-refractivity contribution < 1.29 is 44.8 Å². The van der Waals surface area contributed by atoms with E-state index in [0.29, 0.717) is 57.8 Å². The van der Waals surface area contributed by atoms with Crippen LogP contribution < -0.4 is 10.6 Å². The first-order valence-corrected chi connectivity index (χ1v) is 28.3. The highest BCUT2D eigenvalue weighted by Gasteiger charge is 2.68. The molecule has 2 aliphatic carbocycles. The SMILES string of the molecule is CC(C)C[C@H](NC(=O)[C@H](CP)NC(=O)c1cnccn1)B1OC2(C)CCCC(C)(C)C2(CCC(=O)CCCCCN=[N+]=[N-])O1.CC1(C)CCCC(C)(O)C1(O)COC(=O)CCCCCN=[N+]=[N-].[2H]C(Cl)(Cl)Cl.[B]B([B])[B].[B][B][B]. The highest BCUT2D eigenvalue weighted by Crippen LogP contribution is 2.59. The van der Waals surface area contributed by atoms with Gasteiger partial charge >= 0.3 is 13.1 Å². The number of ether oxygens (including phenoxy) is 1. The molecule has 5 unspecified atom stereocenters. The number of amides is 2. The number of azide groups is 2. The second-order valence-corrected chi connectivity index (χ2v) is 23.8. The molecule has 2 heterocycles. The molecule has 31 heteroatoms. The maximum atomic E-state index is 13.5. The van der Waals surface area contributed by atoms with Gasteiger partial charge in [-0.2, -0.15) is 0 Å². The van der Waals surface area contributed by atoms with Crippen LogP contribution in [0.25, 0.3) is 20.9 Å². The minimum absolute atomic E-state index is 0.133. The van der Waals surface area contributed by atoms with Crippen molar-refractivity contribution >= 4 is 127 Å². The molecule has 78 heavy (non-hydrogen) atoms. The Balaban J connectivity index is 0.00000144. The first-order chi connectivity index (χ1) is 36.7.